The van der Waals surface area contributed by atoms with E-state index in [0.717, 1.165) is 18.2 Å². The summed E-state index contributed by atoms with van der Waals surface area (Å²) in [7, 11) is 0. The van der Waals surface area contributed by atoms with Gasteiger partial charge in [0.15, 0.2) is 23.8 Å². The van der Waals surface area contributed by atoms with Crippen molar-refractivity contribution in [2.45, 2.75) is 25.6 Å². The van der Waals surface area contributed by atoms with Crippen LogP contribution in [-0.2, 0) is 21.7 Å². The molecular formula is C15H16F2N2O4. The Labute approximate surface area is 131 Å². The van der Waals surface area contributed by atoms with Gasteiger partial charge in [-0.25, -0.2) is 8.78 Å². The molecule has 1 aliphatic heterocycles. The Balaban J connectivity index is 1.71. The fourth-order valence-electron chi connectivity index (χ4n) is 2.39. The van der Waals surface area contributed by atoms with Crippen LogP contribution in [0.15, 0.2) is 22.6 Å². The highest BCUT2D eigenvalue weighted by atomic mass is 19.1. The lowest BCUT2D eigenvalue weighted by molar-refractivity contribution is -0.0668. The highest BCUT2D eigenvalue weighted by Gasteiger charge is 2.42. The molecule has 3 rings (SSSR count). The molecule has 1 saturated heterocycles. The molecule has 1 aromatic carbocycles. The van der Waals surface area contributed by atoms with Gasteiger partial charge in [0.2, 0.25) is 0 Å². The van der Waals surface area contributed by atoms with Crippen LogP contribution in [0.3, 0.4) is 0 Å². The van der Waals surface area contributed by atoms with Gasteiger partial charge in [-0.3, -0.25) is 0 Å². The second kappa shape index (κ2) is 6.59. The summed E-state index contributed by atoms with van der Waals surface area (Å²) in [6.07, 6.45) is 0.613. The minimum Gasteiger partial charge on any atom is -0.481 e. The van der Waals surface area contributed by atoms with E-state index in [-0.39, 0.29) is 18.2 Å². The molecule has 2 heterocycles. The van der Waals surface area contributed by atoms with E-state index in [0.29, 0.717) is 32.1 Å². The van der Waals surface area contributed by atoms with Crippen molar-refractivity contribution in [3.63, 3.8) is 0 Å². The molecule has 0 radical (unpaired) electrons. The number of rotatable bonds is 6. The van der Waals surface area contributed by atoms with E-state index >= 15 is 0 Å². The normalized spacial score (nSPS) is 20.8. The molecule has 0 spiro atoms. The Morgan fingerprint density at radius 3 is 2.91 bits per heavy atom. The van der Waals surface area contributed by atoms with Gasteiger partial charge in [-0.2, -0.15) is 0 Å². The Bertz CT molecular complexity index is 671. The average Bonchev–Trinajstić information content (AvgIpc) is 3.18. The van der Waals surface area contributed by atoms with Crippen molar-refractivity contribution in [1.29, 1.82) is 0 Å². The largest absolute Gasteiger partial charge is 0.481 e. The van der Waals surface area contributed by atoms with E-state index in [1.807, 2.05) is 6.92 Å². The quantitative estimate of drug-likeness (QED) is 0.813. The van der Waals surface area contributed by atoms with Crippen LogP contribution in [0.25, 0.3) is 0 Å². The van der Waals surface area contributed by atoms with E-state index in [4.69, 9.17) is 18.6 Å². The van der Waals surface area contributed by atoms with Gasteiger partial charge in [0.1, 0.15) is 5.82 Å². The van der Waals surface area contributed by atoms with Gasteiger partial charge < -0.3 is 18.6 Å². The zero-order valence-electron chi connectivity index (χ0n) is 12.6. The van der Waals surface area contributed by atoms with Crippen LogP contribution in [0.4, 0.5) is 8.78 Å². The highest BCUT2D eigenvalue weighted by molar-refractivity contribution is 5.24. The highest BCUT2D eigenvalue weighted by Crippen LogP contribution is 2.33. The first-order valence-corrected chi connectivity index (χ1v) is 7.25. The molecule has 0 aliphatic carbocycles. The Morgan fingerprint density at radius 2 is 2.17 bits per heavy atom. The summed E-state index contributed by atoms with van der Waals surface area (Å²) in [5.41, 5.74) is -0.746. The van der Waals surface area contributed by atoms with E-state index in [9.17, 15) is 8.78 Å². The maximum absolute atomic E-state index is 13.5. The topological polar surface area (TPSA) is 66.6 Å². The molecule has 2 aromatic rings. The SMILES string of the molecule is CCOC1(c2nnc(COc3cc(F)ccc3F)o2)CCOC1. The number of ether oxygens (including phenoxy) is 3. The number of halogens is 2. The van der Waals surface area contributed by atoms with Crippen molar-refractivity contribution in [3.8, 4) is 5.75 Å². The zero-order valence-corrected chi connectivity index (χ0v) is 12.6. The lowest BCUT2D eigenvalue weighted by Crippen LogP contribution is -2.30. The molecule has 1 atom stereocenters. The van der Waals surface area contributed by atoms with Crippen LogP contribution in [-0.4, -0.2) is 30.0 Å². The predicted molar refractivity (Wildman–Crippen MR) is 73.7 cm³/mol. The number of hydrogen-bond acceptors (Lipinski definition) is 6. The number of benzene rings is 1. The van der Waals surface area contributed by atoms with E-state index in [1.54, 1.807) is 0 Å². The van der Waals surface area contributed by atoms with Crippen LogP contribution < -0.4 is 4.74 Å². The first kappa shape index (κ1) is 15.8. The Kier molecular flexibility index (Phi) is 4.53. The van der Waals surface area contributed by atoms with Crippen LogP contribution >= 0.6 is 0 Å². The van der Waals surface area contributed by atoms with Gasteiger partial charge in [-0.1, -0.05) is 0 Å². The molecule has 0 bridgehead atoms. The predicted octanol–water partition coefficient (Wildman–Crippen LogP) is 2.58. The first-order chi connectivity index (χ1) is 11.1. The third kappa shape index (κ3) is 3.32. The summed E-state index contributed by atoms with van der Waals surface area (Å²) >= 11 is 0. The maximum atomic E-state index is 13.5. The van der Waals surface area contributed by atoms with Crippen molar-refractivity contribution in [3.05, 3.63) is 41.6 Å². The zero-order chi connectivity index (χ0) is 16.3. The van der Waals surface area contributed by atoms with Crippen LogP contribution in [0.1, 0.15) is 25.1 Å². The van der Waals surface area contributed by atoms with Crippen LogP contribution in [0, 0.1) is 11.6 Å². The second-order valence-electron chi connectivity index (χ2n) is 5.09. The molecule has 0 saturated carbocycles. The summed E-state index contributed by atoms with van der Waals surface area (Å²) in [5, 5.41) is 7.83. The maximum Gasteiger partial charge on any atom is 0.254 e. The molecule has 1 fully saturated rings. The molecule has 6 nitrogen and oxygen atoms in total. The lowest BCUT2D eigenvalue weighted by Gasteiger charge is -2.22. The molecular weight excluding hydrogens is 310 g/mol. The van der Waals surface area contributed by atoms with Crippen molar-refractivity contribution < 1.29 is 27.4 Å². The second-order valence-corrected chi connectivity index (χ2v) is 5.09. The summed E-state index contributed by atoms with van der Waals surface area (Å²) in [6.45, 7) is 3.06. The van der Waals surface area contributed by atoms with E-state index < -0.39 is 17.2 Å². The molecule has 8 heteroatoms. The Morgan fingerprint density at radius 1 is 1.30 bits per heavy atom. The average molecular weight is 326 g/mol. The van der Waals surface area contributed by atoms with Crippen LogP contribution in [0.2, 0.25) is 0 Å². The minimum atomic E-state index is -0.746. The smallest absolute Gasteiger partial charge is 0.254 e. The third-order valence-corrected chi connectivity index (χ3v) is 3.51. The van der Waals surface area contributed by atoms with Gasteiger partial charge in [0, 0.05) is 19.1 Å². The van der Waals surface area contributed by atoms with Crippen molar-refractivity contribution in [1.82, 2.24) is 10.2 Å². The minimum absolute atomic E-state index is 0.148. The van der Waals surface area contributed by atoms with Gasteiger partial charge in [-0.05, 0) is 19.1 Å². The lowest BCUT2D eigenvalue weighted by atomic mass is 10.0. The van der Waals surface area contributed by atoms with Gasteiger partial charge in [-0.15, -0.1) is 10.2 Å². The third-order valence-electron chi connectivity index (χ3n) is 3.51. The molecule has 1 aliphatic rings. The molecule has 0 amide bonds. The monoisotopic (exact) mass is 326 g/mol. The summed E-state index contributed by atoms with van der Waals surface area (Å²) < 4.78 is 48.4. The van der Waals surface area contributed by atoms with Crippen molar-refractivity contribution >= 4 is 0 Å². The summed E-state index contributed by atoms with van der Waals surface area (Å²) in [5.74, 6) is -1.02. The molecule has 1 aromatic heterocycles. The molecule has 1 unspecified atom stereocenters. The van der Waals surface area contributed by atoms with E-state index in [1.165, 1.54) is 0 Å². The molecule has 124 valence electrons. The van der Waals surface area contributed by atoms with Gasteiger partial charge in [0.25, 0.3) is 11.8 Å². The summed E-state index contributed by atoms with van der Waals surface area (Å²) in [6, 6.07) is 2.96. The molecule has 0 N–H and O–H groups in total. The molecule has 23 heavy (non-hydrogen) atoms. The first-order valence-electron chi connectivity index (χ1n) is 7.25. The Hall–Kier alpha value is -2.06. The number of hydrogen-bond donors (Lipinski definition) is 0. The van der Waals surface area contributed by atoms with Gasteiger partial charge in [0.05, 0.1) is 13.2 Å². The fourth-order valence-corrected chi connectivity index (χ4v) is 2.39. The fraction of sp³-hybridized carbons (Fsp3) is 0.467. The van der Waals surface area contributed by atoms with Crippen LogP contribution in [0.5, 0.6) is 5.75 Å². The number of nitrogens with zero attached hydrogens (tertiary/aromatic N) is 2. The summed E-state index contributed by atoms with van der Waals surface area (Å²) in [4.78, 5) is 0. The number of aromatic nitrogens is 2. The van der Waals surface area contributed by atoms with Crippen molar-refractivity contribution in [2.75, 3.05) is 19.8 Å². The van der Waals surface area contributed by atoms with Crippen molar-refractivity contribution in [2.24, 2.45) is 0 Å². The van der Waals surface area contributed by atoms with E-state index in [2.05, 4.69) is 10.2 Å². The standard InChI is InChI=1S/C15H16F2N2O4/c1-2-22-15(5-6-20-9-15)14-19-18-13(23-14)8-21-12-7-10(16)3-4-11(12)17/h3-4,7H,2,5-6,8-9H2,1H3. The van der Waals surface area contributed by atoms with Gasteiger partial charge >= 0.3 is 0 Å².